The summed E-state index contributed by atoms with van der Waals surface area (Å²) in [6.07, 6.45) is 3.23. The molecule has 26 heavy (non-hydrogen) atoms. The molecule has 4 aromatic rings. The van der Waals surface area contributed by atoms with Gasteiger partial charge in [0.15, 0.2) is 11.5 Å². The lowest BCUT2D eigenvalue weighted by Gasteiger charge is -2.08. The lowest BCUT2D eigenvalue weighted by atomic mass is 10.2. The number of ether oxygens (including phenoxy) is 1. The molecule has 0 atom stereocenters. The number of nitrogens with zero attached hydrogens (tertiary/aromatic N) is 1. The van der Waals surface area contributed by atoms with Gasteiger partial charge in [-0.05, 0) is 42.5 Å². The second-order valence-corrected chi connectivity index (χ2v) is 6.93. The molecule has 0 saturated carbocycles. The standard InChI is InChI=1S/C19H13ClN2O3S/c1-21-19(23)16-9-13-15(25-12-6-4-11(20)5-7-12)10-22-17(18(13)26-16)14-3-2-8-24-14/h2-10H,1H3,(H,21,23). The molecule has 7 heteroatoms. The Labute approximate surface area is 158 Å². The summed E-state index contributed by atoms with van der Waals surface area (Å²) in [7, 11) is 1.60. The molecular formula is C19H13ClN2O3S. The van der Waals surface area contributed by atoms with Crippen molar-refractivity contribution in [2.75, 3.05) is 7.05 Å². The zero-order valence-corrected chi connectivity index (χ0v) is 15.2. The van der Waals surface area contributed by atoms with E-state index in [1.54, 1.807) is 55.9 Å². The van der Waals surface area contributed by atoms with Gasteiger partial charge in [-0.1, -0.05) is 11.6 Å². The van der Waals surface area contributed by atoms with Crippen LogP contribution in [-0.2, 0) is 0 Å². The quantitative estimate of drug-likeness (QED) is 0.514. The highest BCUT2D eigenvalue weighted by atomic mass is 35.5. The summed E-state index contributed by atoms with van der Waals surface area (Å²) in [5.41, 5.74) is 0.675. The molecule has 1 aromatic carbocycles. The first-order valence-corrected chi connectivity index (χ1v) is 8.97. The van der Waals surface area contributed by atoms with Crippen LogP contribution in [0.1, 0.15) is 9.67 Å². The van der Waals surface area contributed by atoms with Gasteiger partial charge in [0.05, 0.1) is 22.0 Å². The first-order chi connectivity index (χ1) is 12.7. The topological polar surface area (TPSA) is 64.4 Å². The fourth-order valence-electron chi connectivity index (χ4n) is 2.54. The smallest absolute Gasteiger partial charge is 0.261 e. The number of carbonyl (C=O) groups is 1. The molecule has 1 amide bonds. The van der Waals surface area contributed by atoms with Crippen molar-refractivity contribution in [2.24, 2.45) is 0 Å². The van der Waals surface area contributed by atoms with Gasteiger partial charge in [-0.3, -0.25) is 4.79 Å². The van der Waals surface area contributed by atoms with Crippen molar-refractivity contribution in [3.63, 3.8) is 0 Å². The number of hydrogen-bond donors (Lipinski definition) is 1. The Morgan fingerprint density at radius 1 is 1.27 bits per heavy atom. The molecule has 0 aliphatic rings. The highest BCUT2D eigenvalue weighted by Crippen LogP contribution is 2.40. The number of aromatic nitrogens is 1. The minimum Gasteiger partial charge on any atom is -0.463 e. The monoisotopic (exact) mass is 384 g/mol. The summed E-state index contributed by atoms with van der Waals surface area (Å²) in [6, 6.07) is 12.5. The van der Waals surface area contributed by atoms with Gasteiger partial charge in [0, 0.05) is 17.5 Å². The number of fused-ring (bicyclic) bond motifs is 1. The molecule has 0 bridgehead atoms. The number of carbonyl (C=O) groups excluding carboxylic acids is 1. The first kappa shape index (κ1) is 16.6. The molecule has 0 aliphatic carbocycles. The summed E-state index contributed by atoms with van der Waals surface area (Å²) < 4.78 is 12.3. The van der Waals surface area contributed by atoms with Crippen LogP contribution in [0, 0.1) is 0 Å². The molecule has 0 unspecified atom stereocenters. The van der Waals surface area contributed by atoms with Gasteiger partial charge in [0.1, 0.15) is 11.4 Å². The van der Waals surface area contributed by atoms with Crippen molar-refractivity contribution in [2.45, 2.75) is 0 Å². The minimum atomic E-state index is -0.158. The van der Waals surface area contributed by atoms with Crippen molar-refractivity contribution >= 4 is 38.9 Å². The molecule has 0 spiro atoms. The fourth-order valence-corrected chi connectivity index (χ4v) is 3.77. The molecule has 3 aromatic heterocycles. The third-order valence-corrected chi connectivity index (χ3v) is 5.16. The van der Waals surface area contributed by atoms with Gasteiger partial charge in [-0.25, -0.2) is 4.98 Å². The third kappa shape index (κ3) is 3.05. The first-order valence-electron chi connectivity index (χ1n) is 7.77. The van der Waals surface area contributed by atoms with Crippen molar-refractivity contribution in [3.8, 4) is 23.0 Å². The highest BCUT2D eigenvalue weighted by Gasteiger charge is 2.18. The molecule has 0 saturated heterocycles. The number of hydrogen-bond acceptors (Lipinski definition) is 5. The minimum absolute atomic E-state index is 0.158. The largest absolute Gasteiger partial charge is 0.463 e. The second-order valence-electron chi connectivity index (χ2n) is 5.44. The SMILES string of the molecule is CNC(=O)c1cc2c(Oc3ccc(Cl)cc3)cnc(-c3ccco3)c2s1. The van der Waals surface area contributed by atoms with Crippen LogP contribution in [0.4, 0.5) is 0 Å². The molecule has 0 fully saturated rings. The maximum Gasteiger partial charge on any atom is 0.261 e. The molecule has 4 rings (SSSR count). The number of benzene rings is 1. The number of halogens is 1. The van der Waals surface area contributed by atoms with Crippen LogP contribution in [0.25, 0.3) is 21.5 Å². The molecular weight excluding hydrogens is 372 g/mol. The second kappa shape index (κ2) is 6.82. The van der Waals surface area contributed by atoms with Crippen molar-refractivity contribution in [1.29, 1.82) is 0 Å². The van der Waals surface area contributed by atoms with E-state index in [1.807, 2.05) is 6.07 Å². The van der Waals surface area contributed by atoms with Crippen LogP contribution < -0.4 is 10.1 Å². The summed E-state index contributed by atoms with van der Waals surface area (Å²) in [4.78, 5) is 17.2. The lowest BCUT2D eigenvalue weighted by Crippen LogP contribution is -2.15. The molecule has 5 nitrogen and oxygen atoms in total. The van der Waals surface area contributed by atoms with Crippen molar-refractivity contribution in [3.05, 3.63) is 64.8 Å². The Morgan fingerprint density at radius 2 is 2.08 bits per heavy atom. The van der Waals surface area contributed by atoms with E-state index in [0.29, 0.717) is 32.9 Å². The summed E-state index contributed by atoms with van der Waals surface area (Å²) in [5.74, 6) is 1.67. The molecule has 0 radical (unpaired) electrons. The fraction of sp³-hybridized carbons (Fsp3) is 0.0526. The Hall–Kier alpha value is -2.83. The van der Waals surface area contributed by atoms with Gasteiger partial charge in [-0.2, -0.15) is 0 Å². The number of amides is 1. The van der Waals surface area contributed by atoms with E-state index in [-0.39, 0.29) is 5.91 Å². The van der Waals surface area contributed by atoms with Crippen LogP contribution in [0.5, 0.6) is 11.5 Å². The summed E-state index contributed by atoms with van der Waals surface area (Å²) in [6.45, 7) is 0. The van der Waals surface area contributed by atoms with Crippen molar-refractivity contribution in [1.82, 2.24) is 10.3 Å². The average Bonchev–Trinajstić information content (AvgIpc) is 3.33. The van der Waals surface area contributed by atoms with Gasteiger partial charge < -0.3 is 14.5 Å². The normalized spacial score (nSPS) is 10.8. The zero-order chi connectivity index (χ0) is 18.1. The lowest BCUT2D eigenvalue weighted by molar-refractivity contribution is 0.0967. The number of rotatable bonds is 4. The molecule has 0 aliphatic heterocycles. The molecule has 1 N–H and O–H groups in total. The van der Waals surface area contributed by atoms with E-state index in [9.17, 15) is 4.79 Å². The van der Waals surface area contributed by atoms with Crippen molar-refractivity contribution < 1.29 is 13.9 Å². The zero-order valence-electron chi connectivity index (χ0n) is 13.7. The van der Waals surface area contributed by atoms with E-state index in [2.05, 4.69) is 10.3 Å². The van der Waals surface area contributed by atoms with Crippen LogP contribution in [0.15, 0.2) is 59.3 Å². The van der Waals surface area contributed by atoms with Gasteiger partial charge >= 0.3 is 0 Å². The van der Waals surface area contributed by atoms with E-state index in [1.165, 1.54) is 11.3 Å². The van der Waals surface area contributed by atoms with Crippen LogP contribution in [-0.4, -0.2) is 17.9 Å². The Bertz CT molecular complexity index is 1070. The predicted octanol–water partition coefficient (Wildman–Crippen LogP) is 5.36. The third-order valence-electron chi connectivity index (χ3n) is 3.77. The summed E-state index contributed by atoms with van der Waals surface area (Å²) >= 11 is 7.27. The maximum atomic E-state index is 12.1. The van der Waals surface area contributed by atoms with Gasteiger partial charge in [0.25, 0.3) is 5.91 Å². The van der Waals surface area contributed by atoms with E-state index >= 15 is 0 Å². The predicted molar refractivity (Wildman–Crippen MR) is 102 cm³/mol. The Balaban J connectivity index is 1.85. The Kier molecular flexibility index (Phi) is 4.36. The maximum absolute atomic E-state index is 12.1. The molecule has 130 valence electrons. The van der Waals surface area contributed by atoms with E-state index in [0.717, 1.165) is 10.1 Å². The van der Waals surface area contributed by atoms with E-state index < -0.39 is 0 Å². The number of nitrogens with one attached hydrogen (secondary N) is 1. The van der Waals surface area contributed by atoms with Gasteiger partial charge in [0.2, 0.25) is 0 Å². The Morgan fingerprint density at radius 3 is 2.77 bits per heavy atom. The summed E-state index contributed by atoms with van der Waals surface area (Å²) in [5, 5.41) is 4.07. The van der Waals surface area contributed by atoms with Crippen LogP contribution in [0.2, 0.25) is 5.02 Å². The average molecular weight is 385 g/mol. The van der Waals surface area contributed by atoms with Crippen LogP contribution >= 0.6 is 22.9 Å². The van der Waals surface area contributed by atoms with Gasteiger partial charge in [-0.15, -0.1) is 11.3 Å². The van der Waals surface area contributed by atoms with Crippen LogP contribution in [0.3, 0.4) is 0 Å². The molecule has 3 heterocycles. The number of thiophene rings is 1. The van der Waals surface area contributed by atoms with E-state index in [4.69, 9.17) is 20.8 Å². The number of pyridine rings is 1. The highest BCUT2D eigenvalue weighted by molar-refractivity contribution is 7.21. The number of furan rings is 1.